The van der Waals surface area contributed by atoms with Gasteiger partial charge in [-0.3, -0.25) is 14.9 Å². The molecule has 1 aromatic carbocycles. The van der Waals surface area contributed by atoms with E-state index in [9.17, 15) is 14.7 Å². The van der Waals surface area contributed by atoms with Gasteiger partial charge in [0.1, 0.15) is 5.75 Å². The second-order valence-electron chi connectivity index (χ2n) is 4.02. The van der Waals surface area contributed by atoms with Gasteiger partial charge in [-0.1, -0.05) is 17.6 Å². The molecule has 0 radical (unpaired) electrons. The van der Waals surface area contributed by atoms with E-state index in [4.69, 9.17) is 0 Å². The molecule has 1 unspecified atom stereocenters. The van der Waals surface area contributed by atoms with Crippen LogP contribution in [0.5, 0.6) is 5.75 Å². The van der Waals surface area contributed by atoms with E-state index in [1.807, 2.05) is 6.07 Å². The van der Waals surface area contributed by atoms with Gasteiger partial charge in [-0.15, -0.1) is 0 Å². The zero-order valence-electron chi connectivity index (χ0n) is 8.77. The summed E-state index contributed by atoms with van der Waals surface area (Å²) in [6, 6.07) is 6.84. The molecule has 0 bridgehead atoms. The van der Waals surface area contributed by atoms with Crippen molar-refractivity contribution in [3.63, 3.8) is 0 Å². The number of amides is 2. The number of hydrogen-bond acceptors (Lipinski definition) is 3. The van der Waals surface area contributed by atoms with E-state index in [-0.39, 0.29) is 23.4 Å². The molecule has 0 aromatic heterocycles. The fraction of sp³-hybridized carbons (Fsp3) is 0.273. The van der Waals surface area contributed by atoms with Crippen LogP contribution in [-0.4, -0.2) is 24.2 Å². The average Bonchev–Trinajstić information content (AvgIpc) is 2.22. The molecule has 1 saturated heterocycles. The molecule has 1 aliphatic rings. The fourth-order valence-electron chi connectivity index (χ4n) is 1.90. The van der Waals surface area contributed by atoms with Gasteiger partial charge in [-0.2, -0.15) is 0 Å². The first-order valence-corrected chi connectivity index (χ1v) is 5.27. The highest BCUT2D eigenvalue weighted by Gasteiger charge is 2.27. The SMILES string of the molecule is O=C1CCC(Bc2cccc(O)c2)C(=O)N1. The van der Waals surface area contributed by atoms with Crippen molar-refractivity contribution in [3.05, 3.63) is 24.3 Å². The number of rotatable bonds is 2. The summed E-state index contributed by atoms with van der Waals surface area (Å²) in [6.07, 6.45) is 0.982. The Bertz CT molecular complexity index is 433. The molecule has 1 aliphatic heterocycles. The predicted molar refractivity (Wildman–Crippen MR) is 61.0 cm³/mol. The summed E-state index contributed by atoms with van der Waals surface area (Å²) in [5, 5.41) is 11.6. The summed E-state index contributed by atoms with van der Waals surface area (Å²) < 4.78 is 0. The highest BCUT2D eigenvalue weighted by molar-refractivity contribution is 6.59. The van der Waals surface area contributed by atoms with Crippen molar-refractivity contribution in [1.29, 1.82) is 0 Å². The Hall–Kier alpha value is -1.78. The van der Waals surface area contributed by atoms with E-state index in [0.717, 1.165) is 5.46 Å². The first kappa shape index (κ1) is 10.7. The van der Waals surface area contributed by atoms with Crippen LogP contribution in [0.1, 0.15) is 12.8 Å². The molecule has 5 heteroatoms. The number of phenolic OH excluding ortho intramolecular Hbond substituents is 1. The molecule has 2 amide bonds. The number of nitrogens with one attached hydrogen (secondary N) is 1. The largest absolute Gasteiger partial charge is 0.508 e. The van der Waals surface area contributed by atoms with Crippen LogP contribution in [0.2, 0.25) is 5.82 Å². The van der Waals surface area contributed by atoms with E-state index in [1.165, 1.54) is 0 Å². The van der Waals surface area contributed by atoms with E-state index in [2.05, 4.69) is 5.32 Å². The average molecular weight is 217 g/mol. The van der Waals surface area contributed by atoms with Gasteiger partial charge >= 0.3 is 0 Å². The smallest absolute Gasteiger partial charge is 0.226 e. The number of aromatic hydroxyl groups is 1. The fourth-order valence-corrected chi connectivity index (χ4v) is 1.90. The zero-order chi connectivity index (χ0) is 11.5. The van der Waals surface area contributed by atoms with Gasteiger partial charge in [-0.05, 0) is 18.6 Å². The molecular weight excluding hydrogens is 205 g/mol. The van der Waals surface area contributed by atoms with Crippen molar-refractivity contribution < 1.29 is 14.7 Å². The molecule has 2 N–H and O–H groups in total. The summed E-state index contributed by atoms with van der Waals surface area (Å²) in [5.74, 6) is -0.374. The van der Waals surface area contributed by atoms with Crippen LogP contribution in [0.15, 0.2) is 24.3 Å². The number of carbonyl (C=O) groups is 2. The van der Waals surface area contributed by atoms with Gasteiger partial charge in [0, 0.05) is 12.2 Å². The second-order valence-corrected chi connectivity index (χ2v) is 4.02. The van der Waals surface area contributed by atoms with Crippen LogP contribution >= 0.6 is 0 Å². The lowest BCUT2D eigenvalue weighted by atomic mass is 9.56. The van der Waals surface area contributed by atoms with Gasteiger partial charge < -0.3 is 5.11 Å². The number of hydrogen-bond donors (Lipinski definition) is 2. The van der Waals surface area contributed by atoms with Crippen LogP contribution < -0.4 is 10.8 Å². The molecule has 1 heterocycles. The van der Waals surface area contributed by atoms with Gasteiger partial charge in [-0.25, -0.2) is 0 Å². The molecule has 0 spiro atoms. The van der Waals surface area contributed by atoms with Crippen molar-refractivity contribution >= 4 is 24.6 Å². The molecule has 1 aromatic rings. The minimum atomic E-state index is -0.209. The maximum Gasteiger partial charge on any atom is 0.226 e. The maximum atomic E-state index is 11.5. The summed E-state index contributed by atoms with van der Waals surface area (Å²) in [7, 11) is 0.563. The topological polar surface area (TPSA) is 66.4 Å². The first-order valence-electron chi connectivity index (χ1n) is 5.27. The Morgan fingerprint density at radius 2 is 2.19 bits per heavy atom. The van der Waals surface area contributed by atoms with Gasteiger partial charge in [0.2, 0.25) is 11.8 Å². The molecule has 4 nitrogen and oxygen atoms in total. The van der Waals surface area contributed by atoms with Gasteiger partial charge in [0.25, 0.3) is 0 Å². The molecule has 2 rings (SSSR count). The van der Waals surface area contributed by atoms with Gasteiger partial charge in [0.05, 0.1) is 0 Å². The van der Waals surface area contributed by atoms with Crippen molar-refractivity contribution in [3.8, 4) is 5.75 Å². The minimum Gasteiger partial charge on any atom is -0.508 e. The van der Waals surface area contributed by atoms with Crippen LogP contribution in [0.3, 0.4) is 0 Å². The van der Waals surface area contributed by atoms with E-state index < -0.39 is 0 Å². The number of carbonyl (C=O) groups excluding carboxylic acids is 2. The Labute approximate surface area is 93.9 Å². The van der Waals surface area contributed by atoms with Crippen LogP contribution in [0, 0.1) is 0 Å². The Balaban J connectivity index is 2.05. The number of piperidine rings is 1. The van der Waals surface area contributed by atoms with E-state index in [0.29, 0.717) is 20.1 Å². The van der Waals surface area contributed by atoms with E-state index >= 15 is 0 Å². The quantitative estimate of drug-likeness (QED) is 0.527. The summed E-state index contributed by atoms with van der Waals surface area (Å²) >= 11 is 0. The second kappa shape index (κ2) is 4.39. The number of benzene rings is 1. The van der Waals surface area contributed by atoms with Crippen molar-refractivity contribution in [1.82, 2.24) is 5.32 Å². The summed E-state index contributed by atoms with van der Waals surface area (Å²) in [6.45, 7) is 0. The Kier molecular flexibility index (Phi) is 2.94. The normalized spacial score (nSPS) is 20.4. The van der Waals surface area contributed by atoms with Crippen molar-refractivity contribution in [2.75, 3.05) is 0 Å². The molecule has 1 atom stereocenters. The third-order valence-electron chi connectivity index (χ3n) is 2.75. The van der Waals surface area contributed by atoms with Crippen LogP contribution in [0.4, 0.5) is 0 Å². The standard InChI is InChI=1S/C11H12BNO3/c14-8-3-1-2-7(6-8)12-9-4-5-10(15)13-11(9)16/h1-3,6,9,12,14H,4-5H2,(H,13,15,16). The highest BCUT2D eigenvalue weighted by Crippen LogP contribution is 2.17. The molecule has 82 valence electrons. The third-order valence-corrected chi connectivity index (χ3v) is 2.75. The van der Waals surface area contributed by atoms with Gasteiger partial charge in [0.15, 0.2) is 7.28 Å². The highest BCUT2D eigenvalue weighted by atomic mass is 16.3. The lowest BCUT2D eigenvalue weighted by Crippen LogP contribution is -2.42. The number of phenols is 1. The zero-order valence-corrected chi connectivity index (χ0v) is 8.77. The summed E-state index contributed by atoms with van der Waals surface area (Å²) in [5.41, 5.74) is 0.912. The first-order chi connectivity index (χ1) is 7.65. The minimum absolute atomic E-state index is 0.167. The molecule has 0 saturated carbocycles. The van der Waals surface area contributed by atoms with Crippen molar-refractivity contribution in [2.45, 2.75) is 18.7 Å². The maximum absolute atomic E-state index is 11.5. The monoisotopic (exact) mass is 217 g/mol. The van der Waals surface area contributed by atoms with Crippen LogP contribution in [-0.2, 0) is 9.59 Å². The Morgan fingerprint density at radius 1 is 1.38 bits per heavy atom. The lowest BCUT2D eigenvalue weighted by molar-refractivity contribution is -0.132. The lowest BCUT2D eigenvalue weighted by Gasteiger charge is -2.19. The predicted octanol–water partition coefficient (Wildman–Crippen LogP) is -0.321. The molecular formula is C11H12BNO3. The van der Waals surface area contributed by atoms with E-state index in [1.54, 1.807) is 18.2 Å². The molecule has 16 heavy (non-hydrogen) atoms. The number of imide groups is 1. The van der Waals surface area contributed by atoms with Crippen molar-refractivity contribution in [2.24, 2.45) is 0 Å². The van der Waals surface area contributed by atoms with Crippen LogP contribution in [0.25, 0.3) is 0 Å². The third kappa shape index (κ3) is 2.42. The summed E-state index contributed by atoms with van der Waals surface area (Å²) in [4.78, 5) is 22.5. The Morgan fingerprint density at radius 3 is 2.88 bits per heavy atom. The molecule has 0 aliphatic carbocycles. The molecule has 1 fully saturated rings.